The van der Waals surface area contributed by atoms with E-state index in [1.807, 2.05) is 32.0 Å². The molecule has 0 aliphatic carbocycles. The van der Waals surface area contributed by atoms with E-state index in [-0.39, 0.29) is 12.4 Å². The highest BCUT2D eigenvalue weighted by Gasteiger charge is 2.18. The number of pyridine rings is 2. The highest BCUT2D eigenvalue weighted by molar-refractivity contribution is 6.05. The molecule has 176 valence electrons. The van der Waals surface area contributed by atoms with Crippen molar-refractivity contribution in [1.29, 1.82) is 0 Å². The number of aryl methyl sites for hydroxylation is 2. The number of nitrogens with zero attached hydrogens (tertiary/aromatic N) is 1. The Labute approximate surface area is 195 Å². The molecule has 7 nitrogen and oxygen atoms in total. The van der Waals surface area contributed by atoms with Gasteiger partial charge >= 0.3 is 0 Å². The average Bonchev–Trinajstić information content (AvgIpc) is 2.75. The van der Waals surface area contributed by atoms with Gasteiger partial charge in [0.05, 0.1) is 31.8 Å². The predicted octanol–water partition coefficient (Wildman–Crippen LogP) is 0.670. The van der Waals surface area contributed by atoms with E-state index in [1.165, 1.54) is 0 Å². The van der Waals surface area contributed by atoms with Gasteiger partial charge in [0.2, 0.25) is 5.52 Å². The Kier molecular flexibility index (Phi) is 10.9. The largest absolute Gasteiger partial charge is 1.00 e. The molecular weight excluding hydrogens is 432 g/mol. The molecule has 0 aliphatic rings. The van der Waals surface area contributed by atoms with E-state index in [9.17, 15) is 0 Å². The minimum atomic E-state index is 0. The summed E-state index contributed by atoms with van der Waals surface area (Å²) in [5, 5.41) is 1.94. The lowest BCUT2D eigenvalue weighted by Gasteiger charge is -2.12. The second-order valence-electron chi connectivity index (χ2n) is 7.38. The number of benzene rings is 1. The molecule has 0 amide bonds. The zero-order chi connectivity index (χ0) is 22.1. The lowest BCUT2D eigenvalue weighted by molar-refractivity contribution is -0.353. The molecule has 0 atom stereocenters. The second-order valence-corrected chi connectivity index (χ2v) is 7.38. The van der Waals surface area contributed by atoms with Crippen LogP contribution in [0.2, 0.25) is 0 Å². The van der Waals surface area contributed by atoms with Crippen LogP contribution < -0.4 is 26.9 Å². The van der Waals surface area contributed by atoms with Crippen molar-refractivity contribution in [2.75, 3.05) is 53.4 Å². The fraction of sp³-hybridized carbons (Fsp3) is 0.500. The van der Waals surface area contributed by atoms with Gasteiger partial charge in [0.25, 0.3) is 0 Å². The lowest BCUT2D eigenvalue weighted by Crippen LogP contribution is -3.00. The maximum Gasteiger partial charge on any atom is 0.241 e. The van der Waals surface area contributed by atoms with Crippen molar-refractivity contribution in [1.82, 2.24) is 4.98 Å². The first-order valence-electron chi connectivity index (χ1n) is 10.8. The highest BCUT2D eigenvalue weighted by atomic mass is 35.5. The highest BCUT2D eigenvalue weighted by Crippen LogP contribution is 2.33. The van der Waals surface area contributed by atoms with Gasteiger partial charge in [-0.3, -0.25) is 0 Å². The number of methoxy groups -OCH3 is 1. The molecule has 3 rings (SSSR count). The molecule has 0 saturated carbocycles. The first-order valence-corrected chi connectivity index (χ1v) is 10.8. The summed E-state index contributed by atoms with van der Waals surface area (Å²) in [5.74, 6) is 1.62. The number of nitrogens with one attached hydrogen (secondary N) is 1. The molecule has 32 heavy (non-hydrogen) atoms. The van der Waals surface area contributed by atoms with Crippen LogP contribution >= 0.6 is 0 Å². The first-order chi connectivity index (χ1) is 15.1. The Balaban J connectivity index is 0.00000363. The van der Waals surface area contributed by atoms with Gasteiger partial charge in [-0.2, -0.15) is 0 Å². The first kappa shape index (κ1) is 26.1. The van der Waals surface area contributed by atoms with Crippen molar-refractivity contribution < 1.29 is 41.1 Å². The molecular formula is C24H33ClN2O5. The van der Waals surface area contributed by atoms with E-state index in [0.717, 1.165) is 57.7 Å². The topological polar surface area (TPSA) is 73.2 Å². The summed E-state index contributed by atoms with van der Waals surface area (Å²) in [6, 6.07) is 8.06. The van der Waals surface area contributed by atoms with Crippen LogP contribution in [0.25, 0.3) is 21.8 Å². The quantitative estimate of drug-likeness (QED) is 0.273. The number of hydrogen-bond donors (Lipinski definition) is 0. The molecule has 2 aromatic heterocycles. The molecule has 0 radical (unpaired) electrons. The van der Waals surface area contributed by atoms with Gasteiger partial charge in [0.1, 0.15) is 30.2 Å². The summed E-state index contributed by atoms with van der Waals surface area (Å²) in [6.07, 6.45) is 1.00. The van der Waals surface area contributed by atoms with E-state index >= 15 is 0 Å². The van der Waals surface area contributed by atoms with Crippen molar-refractivity contribution >= 4 is 21.8 Å². The van der Waals surface area contributed by atoms with Crippen LogP contribution in [0.4, 0.5) is 0 Å². The molecule has 0 aliphatic heterocycles. The van der Waals surface area contributed by atoms with Crippen molar-refractivity contribution in [2.45, 2.75) is 27.2 Å². The summed E-state index contributed by atoms with van der Waals surface area (Å²) in [4.78, 5) is 8.26. The number of aromatic nitrogens is 2. The fourth-order valence-corrected chi connectivity index (χ4v) is 3.37. The molecule has 0 bridgehead atoms. The molecule has 0 saturated heterocycles. The van der Waals surface area contributed by atoms with Crippen molar-refractivity contribution in [2.24, 2.45) is 0 Å². The summed E-state index contributed by atoms with van der Waals surface area (Å²) >= 11 is 0. The van der Waals surface area contributed by atoms with Gasteiger partial charge in [-0.15, -0.1) is 0 Å². The minimum Gasteiger partial charge on any atom is -1.00 e. The van der Waals surface area contributed by atoms with Gasteiger partial charge in [0.15, 0.2) is 5.69 Å². The smallest absolute Gasteiger partial charge is 0.241 e. The Morgan fingerprint density at radius 3 is 2.12 bits per heavy atom. The van der Waals surface area contributed by atoms with Crippen LogP contribution in [0, 0.1) is 13.8 Å². The van der Waals surface area contributed by atoms with Gasteiger partial charge in [-0.1, -0.05) is 6.92 Å². The van der Waals surface area contributed by atoms with E-state index in [1.54, 1.807) is 7.11 Å². The Morgan fingerprint density at radius 1 is 0.812 bits per heavy atom. The van der Waals surface area contributed by atoms with Crippen molar-refractivity contribution in [3.05, 3.63) is 35.7 Å². The minimum absolute atomic E-state index is 0. The third-order valence-electron chi connectivity index (χ3n) is 4.76. The molecule has 1 N–H and O–H groups in total. The zero-order valence-corrected chi connectivity index (χ0v) is 20.1. The maximum atomic E-state index is 6.04. The summed E-state index contributed by atoms with van der Waals surface area (Å²) < 4.78 is 28.1. The van der Waals surface area contributed by atoms with Crippen LogP contribution in [0.1, 0.15) is 24.7 Å². The van der Waals surface area contributed by atoms with E-state index in [4.69, 9.17) is 28.7 Å². The van der Waals surface area contributed by atoms with E-state index < -0.39 is 0 Å². The Morgan fingerprint density at radius 2 is 1.44 bits per heavy atom. The van der Waals surface area contributed by atoms with E-state index in [0.29, 0.717) is 39.6 Å². The van der Waals surface area contributed by atoms with Gasteiger partial charge < -0.3 is 36.1 Å². The van der Waals surface area contributed by atoms with Gasteiger partial charge in [0, 0.05) is 43.9 Å². The third-order valence-corrected chi connectivity index (χ3v) is 4.76. The number of ether oxygens (including phenoxy) is 5. The second kappa shape index (κ2) is 13.4. The normalized spacial score (nSPS) is 11.0. The van der Waals surface area contributed by atoms with Crippen LogP contribution in [0.3, 0.4) is 0 Å². The van der Waals surface area contributed by atoms with Crippen molar-refractivity contribution in [3.8, 4) is 11.5 Å². The zero-order valence-electron chi connectivity index (χ0n) is 19.3. The fourth-order valence-electron chi connectivity index (χ4n) is 3.37. The monoisotopic (exact) mass is 464 g/mol. The Hall–Kier alpha value is -2.19. The predicted molar refractivity (Wildman–Crippen MR) is 120 cm³/mol. The number of aromatic amines is 1. The van der Waals surface area contributed by atoms with Gasteiger partial charge in [-0.05, 0) is 25.5 Å². The number of H-pyrrole nitrogens is 1. The SMILES string of the molecule is CCCOCCOc1cc(C)[nH+]c2c1ccc1c(OCCOCCOC)cc(C)nc12.[Cl-]. The molecule has 0 fully saturated rings. The van der Waals surface area contributed by atoms with Crippen LogP contribution in [0.5, 0.6) is 11.5 Å². The number of rotatable bonds is 13. The molecule has 0 spiro atoms. The molecule has 8 heteroatoms. The maximum absolute atomic E-state index is 6.04. The number of fused-ring (bicyclic) bond motifs is 3. The third kappa shape index (κ3) is 6.90. The molecule has 1 aromatic carbocycles. The van der Waals surface area contributed by atoms with Gasteiger partial charge in [-0.25, -0.2) is 9.97 Å². The number of halogens is 1. The standard InChI is InChI=1S/C24H32N2O5.ClH/c1-5-8-28-11-13-30-21-15-17(2)25-23-19(21)6-7-20-22(16-18(3)26-24(20)23)31-14-12-29-10-9-27-4;/h6-7,15-16H,5,8-14H2,1-4H3;1H. The van der Waals surface area contributed by atoms with Crippen LogP contribution in [0.15, 0.2) is 24.3 Å². The van der Waals surface area contributed by atoms with Crippen LogP contribution in [-0.4, -0.2) is 58.3 Å². The summed E-state index contributed by atoms with van der Waals surface area (Å²) in [7, 11) is 1.66. The lowest BCUT2D eigenvalue weighted by atomic mass is 10.1. The average molecular weight is 465 g/mol. The molecule has 0 unspecified atom stereocenters. The molecule has 2 heterocycles. The van der Waals surface area contributed by atoms with Crippen molar-refractivity contribution in [3.63, 3.8) is 0 Å². The van der Waals surface area contributed by atoms with E-state index in [2.05, 4.69) is 18.0 Å². The number of hydrogen-bond acceptors (Lipinski definition) is 6. The molecule has 3 aromatic rings. The Bertz CT molecular complexity index is 999. The summed E-state index contributed by atoms with van der Waals surface area (Å²) in [6.45, 7) is 10.0. The summed E-state index contributed by atoms with van der Waals surface area (Å²) in [5.41, 5.74) is 3.69. The van der Waals surface area contributed by atoms with Crippen LogP contribution in [-0.2, 0) is 14.2 Å².